The predicted octanol–water partition coefficient (Wildman–Crippen LogP) is 4.40. The molecule has 0 unspecified atom stereocenters. The van der Waals surface area contributed by atoms with Crippen molar-refractivity contribution in [1.82, 2.24) is 4.98 Å². The summed E-state index contributed by atoms with van der Waals surface area (Å²) in [5.41, 5.74) is 1.04. The van der Waals surface area contributed by atoms with Crippen LogP contribution >= 0.6 is 23.2 Å². The molecule has 3 nitrogen and oxygen atoms in total. The summed E-state index contributed by atoms with van der Waals surface area (Å²) < 4.78 is 5.66. The van der Waals surface area contributed by atoms with E-state index in [0.717, 1.165) is 17.9 Å². The van der Waals surface area contributed by atoms with Crippen LogP contribution < -0.4 is 10.1 Å². The van der Waals surface area contributed by atoms with Crippen molar-refractivity contribution in [3.63, 3.8) is 0 Å². The van der Waals surface area contributed by atoms with Gasteiger partial charge in [0.1, 0.15) is 18.2 Å². The van der Waals surface area contributed by atoms with Crippen LogP contribution in [0.4, 0.5) is 5.82 Å². The van der Waals surface area contributed by atoms with Gasteiger partial charge in [0, 0.05) is 18.8 Å². The maximum Gasteiger partial charge on any atom is 0.126 e. The fourth-order valence-electron chi connectivity index (χ4n) is 1.58. The maximum absolute atomic E-state index is 5.93. The van der Waals surface area contributed by atoms with Crippen LogP contribution in [0.25, 0.3) is 0 Å². The molecule has 0 spiro atoms. The summed E-state index contributed by atoms with van der Waals surface area (Å²) in [7, 11) is 0. The number of nitrogens with one attached hydrogen (secondary N) is 1. The van der Waals surface area contributed by atoms with Crippen molar-refractivity contribution >= 4 is 29.0 Å². The van der Waals surface area contributed by atoms with Crippen LogP contribution in [-0.4, -0.2) is 11.5 Å². The van der Waals surface area contributed by atoms with Gasteiger partial charge in [-0.15, -0.1) is 0 Å². The summed E-state index contributed by atoms with van der Waals surface area (Å²) >= 11 is 11.8. The molecule has 19 heavy (non-hydrogen) atoms. The SMILES string of the molecule is CCNc1cc(COc2ccc(Cl)c(Cl)c2)ccn1. The number of nitrogens with zero attached hydrogens (tertiary/aromatic N) is 1. The van der Waals surface area contributed by atoms with Crippen molar-refractivity contribution in [1.29, 1.82) is 0 Å². The van der Waals surface area contributed by atoms with E-state index in [4.69, 9.17) is 27.9 Å². The fraction of sp³-hybridized carbons (Fsp3) is 0.214. The van der Waals surface area contributed by atoms with Gasteiger partial charge in [-0.05, 0) is 36.8 Å². The Hall–Kier alpha value is -1.45. The second-order valence-corrected chi connectivity index (χ2v) is 4.76. The first-order valence-corrected chi connectivity index (χ1v) is 6.71. The molecule has 0 amide bonds. The smallest absolute Gasteiger partial charge is 0.126 e. The minimum absolute atomic E-state index is 0.457. The lowest BCUT2D eigenvalue weighted by atomic mass is 10.2. The Morgan fingerprint density at radius 1 is 1.16 bits per heavy atom. The molecule has 2 aromatic rings. The van der Waals surface area contributed by atoms with E-state index >= 15 is 0 Å². The highest BCUT2D eigenvalue weighted by molar-refractivity contribution is 6.42. The van der Waals surface area contributed by atoms with Gasteiger partial charge < -0.3 is 10.1 Å². The number of halogens is 2. The molecule has 0 radical (unpaired) electrons. The Labute approximate surface area is 122 Å². The highest BCUT2D eigenvalue weighted by atomic mass is 35.5. The number of rotatable bonds is 5. The minimum Gasteiger partial charge on any atom is -0.489 e. The van der Waals surface area contributed by atoms with Gasteiger partial charge in [0.15, 0.2) is 0 Å². The molecule has 0 saturated carbocycles. The van der Waals surface area contributed by atoms with Gasteiger partial charge in [-0.3, -0.25) is 0 Å². The van der Waals surface area contributed by atoms with Crippen molar-refractivity contribution in [2.45, 2.75) is 13.5 Å². The highest BCUT2D eigenvalue weighted by Gasteiger charge is 2.02. The molecule has 0 aliphatic heterocycles. The van der Waals surface area contributed by atoms with Crippen LogP contribution in [0.3, 0.4) is 0 Å². The van der Waals surface area contributed by atoms with Crippen LogP contribution in [0.1, 0.15) is 12.5 Å². The van der Waals surface area contributed by atoms with Crippen molar-refractivity contribution in [3.05, 3.63) is 52.1 Å². The van der Waals surface area contributed by atoms with E-state index < -0.39 is 0 Å². The van der Waals surface area contributed by atoms with Gasteiger partial charge in [-0.1, -0.05) is 23.2 Å². The van der Waals surface area contributed by atoms with E-state index in [-0.39, 0.29) is 0 Å². The van der Waals surface area contributed by atoms with E-state index in [0.29, 0.717) is 22.4 Å². The number of pyridine rings is 1. The van der Waals surface area contributed by atoms with E-state index in [1.165, 1.54) is 0 Å². The van der Waals surface area contributed by atoms with E-state index in [1.54, 1.807) is 24.4 Å². The summed E-state index contributed by atoms with van der Waals surface area (Å²) in [5, 5.41) is 4.17. The van der Waals surface area contributed by atoms with Gasteiger partial charge in [-0.25, -0.2) is 4.98 Å². The van der Waals surface area contributed by atoms with Gasteiger partial charge >= 0.3 is 0 Å². The number of hydrogen-bond donors (Lipinski definition) is 1. The van der Waals surface area contributed by atoms with Crippen molar-refractivity contribution in [2.75, 3.05) is 11.9 Å². The molecule has 0 aliphatic rings. The normalized spacial score (nSPS) is 10.3. The van der Waals surface area contributed by atoms with Crippen molar-refractivity contribution < 1.29 is 4.74 Å². The Morgan fingerprint density at radius 2 is 2.00 bits per heavy atom. The second kappa shape index (κ2) is 6.64. The van der Waals surface area contributed by atoms with Crippen LogP contribution in [-0.2, 0) is 6.61 Å². The van der Waals surface area contributed by atoms with Crippen LogP contribution in [0.5, 0.6) is 5.75 Å². The third-order valence-electron chi connectivity index (χ3n) is 2.48. The number of hydrogen-bond acceptors (Lipinski definition) is 3. The molecule has 5 heteroatoms. The Kier molecular flexibility index (Phi) is 4.88. The van der Waals surface area contributed by atoms with Crippen LogP contribution in [0.2, 0.25) is 10.0 Å². The summed E-state index contributed by atoms with van der Waals surface area (Å²) in [6.45, 7) is 3.32. The fourth-order valence-corrected chi connectivity index (χ4v) is 1.86. The quantitative estimate of drug-likeness (QED) is 0.888. The third-order valence-corrected chi connectivity index (χ3v) is 3.22. The van der Waals surface area contributed by atoms with Crippen LogP contribution in [0.15, 0.2) is 36.5 Å². The zero-order chi connectivity index (χ0) is 13.7. The largest absolute Gasteiger partial charge is 0.489 e. The first kappa shape index (κ1) is 14.0. The lowest BCUT2D eigenvalue weighted by molar-refractivity contribution is 0.306. The average molecular weight is 297 g/mol. The third kappa shape index (κ3) is 4.01. The second-order valence-electron chi connectivity index (χ2n) is 3.94. The number of anilines is 1. The zero-order valence-corrected chi connectivity index (χ0v) is 12.0. The summed E-state index contributed by atoms with van der Waals surface area (Å²) in [5.74, 6) is 1.54. The molecule has 1 aromatic carbocycles. The van der Waals surface area contributed by atoms with Crippen LogP contribution in [0, 0.1) is 0 Å². The monoisotopic (exact) mass is 296 g/mol. The molecule has 1 heterocycles. The molecule has 1 aromatic heterocycles. The molecule has 0 saturated heterocycles. The first-order chi connectivity index (χ1) is 9.19. The van der Waals surface area contributed by atoms with E-state index in [9.17, 15) is 0 Å². The van der Waals surface area contributed by atoms with Gasteiger partial charge in [0.25, 0.3) is 0 Å². The Morgan fingerprint density at radius 3 is 2.74 bits per heavy atom. The topological polar surface area (TPSA) is 34.1 Å². The van der Waals surface area contributed by atoms with E-state index in [2.05, 4.69) is 10.3 Å². The number of benzene rings is 1. The summed E-state index contributed by atoms with van der Waals surface area (Å²) in [4.78, 5) is 4.20. The molecule has 2 rings (SSSR count). The van der Waals surface area contributed by atoms with E-state index in [1.807, 2.05) is 19.1 Å². The molecular weight excluding hydrogens is 283 g/mol. The first-order valence-electron chi connectivity index (χ1n) is 5.95. The molecule has 0 atom stereocenters. The average Bonchev–Trinajstić information content (AvgIpc) is 2.41. The van der Waals surface area contributed by atoms with Gasteiger partial charge in [-0.2, -0.15) is 0 Å². The van der Waals surface area contributed by atoms with Crippen molar-refractivity contribution in [2.24, 2.45) is 0 Å². The summed E-state index contributed by atoms with van der Waals surface area (Å²) in [6.07, 6.45) is 1.76. The van der Waals surface area contributed by atoms with Gasteiger partial charge in [0.2, 0.25) is 0 Å². The molecule has 0 aliphatic carbocycles. The minimum atomic E-state index is 0.457. The maximum atomic E-state index is 5.93. The molecular formula is C14H14Cl2N2O. The van der Waals surface area contributed by atoms with Gasteiger partial charge in [0.05, 0.1) is 10.0 Å². The lowest BCUT2D eigenvalue weighted by Gasteiger charge is -2.08. The molecule has 1 N–H and O–H groups in total. The standard InChI is InChI=1S/C14H14Cl2N2O/c1-2-17-14-7-10(5-6-18-14)9-19-11-3-4-12(15)13(16)8-11/h3-8H,2,9H2,1H3,(H,17,18). The van der Waals surface area contributed by atoms with Crippen molar-refractivity contribution in [3.8, 4) is 5.75 Å². The molecule has 100 valence electrons. The Balaban J connectivity index is 2.01. The molecule has 0 fully saturated rings. The summed E-state index contributed by atoms with van der Waals surface area (Å²) in [6, 6.07) is 9.09. The highest BCUT2D eigenvalue weighted by Crippen LogP contribution is 2.26. The Bertz CT molecular complexity index is 561. The lowest BCUT2D eigenvalue weighted by Crippen LogP contribution is -2.01. The number of aromatic nitrogens is 1. The number of ether oxygens (including phenoxy) is 1. The predicted molar refractivity (Wildman–Crippen MR) is 79.2 cm³/mol. The zero-order valence-electron chi connectivity index (χ0n) is 10.5. The molecule has 0 bridgehead atoms.